The average molecular weight is 234 g/mol. The van der Waals surface area contributed by atoms with Crippen molar-refractivity contribution in [1.82, 2.24) is 5.32 Å². The second-order valence-electron chi connectivity index (χ2n) is 3.31. The van der Waals surface area contributed by atoms with Crippen molar-refractivity contribution < 1.29 is 19.4 Å². The lowest BCUT2D eigenvalue weighted by atomic mass is 10.4. The van der Waals surface area contributed by atoms with Crippen molar-refractivity contribution in [3.8, 4) is 0 Å². The Morgan fingerprint density at radius 2 is 1.62 bits per heavy atom. The van der Waals surface area contributed by atoms with E-state index < -0.39 is 6.09 Å². The van der Waals surface area contributed by atoms with E-state index >= 15 is 0 Å². The highest BCUT2D eigenvalue weighted by molar-refractivity contribution is 5.64. The standard InChI is InChI=1S/C10H22N2O4/c11-4-1-6-15-8-3-9-16-7-2-5-12-10(13)14/h12H,1-9,11H2,(H,13,14). The number of hydrogen-bond donors (Lipinski definition) is 3. The van der Waals surface area contributed by atoms with E-state index in [0.29, 0.717) is 45.9 Å². The average Bonchev–Trinajstić information content (AvgIpc) is 2.25. The van der Waals surface area contributed by atoms with Gasteiger partial charge in [0, 0.05) is 33.0 Å². The second kappa shape index (κ2) is 12.2. The summed E-state index contributed by atoms with van der Waals surface area (Å²) in [5, 5.41) is 10.6. The van der Waals surface area contributed by atoms with E-state index in [1.165, 1.54) is 0 Å². The van der Waals surface area contributed by atoms with E-state index in [1.54, 1.807) is 0 Å². The lowest BCUT2D eigenvalue weighted by molar-refractivity contribution is 0.0815. The summed E-state index contributed by atoms with van der Waals surface area (Å²) in [7, 11) is 0. The Bertz CT molecular complexity index is 167. The predicted molar refractivity (Wildman–Crippen MR) is 60.6 cm³/mol. The highest BCUT2D eigenvalue weighted by atomic mass is 16.5. The zero-order valence-corrected chi connectivity index (χ0v) is 9.61. The Morgan fingerprint density at radius 3 is 2.19 bits per heavy atom. The maximum absolute atomic E-state index is 10.1. The van der Waals surface area contributed by atoms with Crippen LogP contribution in [0.25, 0.3) is 0 Å². The molecule has 0 aromatic heterocycles. The number of amides is 1. The smallest absolute Gasteiger partial charge is 0.404 e. The SMILES string of the molecule is NCCCOCCCOCCCNC(=O)O. The molecule has 0 saturated heterocycles. The van der Waals surface area contributed by atoms with Crippen LogP contribution < -0.4 is 11.1 Å². The zero-order chi connectivity index (χ0) is 12.1. The van der Waals surface area contributed by atoms with Crippen molar-refractivity contribution in [2.24, 2.45) is 5.73 Å². The fraction of sp³-hybridized carbons (Fsp3) is 0.900. The third kappa shape index (κ3) is 13.2. The fourth-order valence-corrected chi connectivity index (χ4v) is 1.02. The lowest BCUT2D eigenvalue weighted by Crippen LogP contribution is -2.22. The van der Waals surface area contributed by atoms with Gasteiger partial charge in [0.25, 0.3) is 0 Å². The number of nitrogens with two attached hydrogens (primary N) is 1. The lowest BCUT2D eigenvalue weighted by Gasteiger charge is -2.05. The van der Waals surface area contributed by atoms with Crippen molar-refractivity contribution >= 4 is 6.09 Å². The summed E-state index contributed by atoms with van der Waals surface area (Å²) in [5.41, 5.74) is 5.31. The summed E-state index contributed by atoms with van der Waals surface area (Å²) in [5.74, 6) is 0. The Kier molecular flexibility index (Phi) is 11.6. The molecule has 6 nitrogen and oxygen atoms in total. The monoisotopic (exact) mass is 234 g/mol. The summed E-state index contributed by atoms with van der Waals surface area (Å²) in [4.78, 5) is 10.1. The topological polar surface area (TPSA) is 93.8 Å². The molecule has 96 valence electrons. The number of ether oxygens (including phenoxy) is 2. The van der Waals surface area contributed by atoms with Crippen LogP contribution in [0, 0.1) is 0 Å². The van der Waals surface area contributed by atoms with Gasteiger partial charge in [-0.2, -0.15) is 0 Å². The van der Waals surface area contributed by atoms with Crippen LogP contribution in [0.1, 0.15) is 19.3 Å². The summed E-state index contributed by atoms with van der Waals surface area (Å²) < 4.78 is 10.6. The Balaban J connectivity index is 2.90. The van der Waals surface area contributed by atoms with Crippen molar-refractivity contribution in [1.29, 1.82) is 0 Å². The van der Waals surface area contributed by atoms with Gasteiger partial charge in [-0.3, -0.25) is 0 Å². The molecule has 0 unspecified atom stereocenters. The molecule has 0 aromatic carbocycles. The molecule has 0 aliphatic heterocycles. The fourth-order valence-electron chi connectivity index (χ4n) is 1.02. The summed E-state index contributed by atoms with van der Waals surface area (Å²) in [6.07, 6.45) is 1.45. The van der Waals surface area contributed by atoms with Crippen LogP contribution in [-0.2, 0) is 9.47 Å². The molecule has 0 radical (unpaired) electrons. The van der Waals surface area contributed by atoms with Crippen molar-refractivity contribution in [3.63, 3.8) is 0 Å². The first-order chi connectivity index (χ1) is 7.77. The molecule has 0 bridgehead atoms. The minimum Gasteiger partial charge on any atom is -0.465 e. The molecular weight excluding hydrogens is 212 g/mol. The molecular formula is C10H22N2O4. The first kappa shape index (κ1) is 15.2. The quantitative estimate of drug-likeness (QED) is 0.450. The van der Waals surface area contributed by atoms with Gasteiger partial charge < -0.3 is 25.6 Å². The first-order valence-corrected chi connectivity index (χ1v) is 5.59. The highest BCUT2D eigenvalue weighted by Crippen LogP contribution is 1.88. The van der Waals surface area contributed by atoms with Crippen LogP contribution in [0.4, 0.5) is 4.79 Å². The van der Waals surface area contributed by atoms with E-state index in [2.05, 4.69) is 5.32 Å². The van der Waals surface area contributed by atoms with E-state index in [0.717, 1.165) is 12.8 Å². The van der Waals surface area contributed by atoms with Crippen LogP contribution >= 0.6 is 0 Å². The van der Waals surface area contributed by atoms with Crippen molar-refractivity contribution in [3.05, 3.63) is 0 Å². The van der Waals surface area contributed by atoms with Gasteiger partial charge in [0.05, 0.1) is 0 Å². The molecule has 0 atom stereocenters. The van der Waals surface area contributed by atoms with Crippen LogP contribution in [-0.4, -0.2) is 50.7 Å². The van der Waals surface area contributed by atoms with Crippen LogP contribution in [0.5, 0.6) is 0 Å². The van der Waals surface area contributed by atoms with Gasteiger partial charge >= 0.3 is 6.09 Å². The van der Waals surface area contributed by atoms with E-state index in [1.807, 2.05) is 0 Å². The second-order valence-corrected chi connectivity index (χ2v) is 3.31. The van der Waals surface area contributed by atoms with Gasteiger partial charge in [-0.1, -0.05) is 0 Å². The number of hydrogen-bond acceptors (Lipinski definition) is 4. The van der Waals surface area contributed by atoms with Crippen LogP contribution in [0.15, 0.2) is 0 Å². The maximum atomic E-state index is 10.1. The van der Waals surface area contributed by atoms with Crippen LogP contribution in [0.2, 0.25) is 0 Å². The number of rotatable bonds is 11. The molecule has 0 heterocycles. The Morgan fingerprint density at radius 1 is 1.06 bits per heavy atom. The summed E-state index contributed by atoms with van der Waals surface area (Å²) >= 11 is 0. The Labute approximate surface area is 96.1 Å². The van der Waals surface area contributed by atoms with E-state index in [9.17, 15) is 4.79 Å². The van der Waals surface area contributed by atoms with Gasteiger partial charge in [-0.05, 0) is 25.8 Å². The van der Waals surface area contributed by atoms with Crippen molar-refractivity contribution in [2.75, 3.05) is 39.5 Å². The number of carboxylic acid groups (broad SMARTS) is 1. The largest absolute Gasteiger partial charge is 0.465 e. The molecule has 4 N–H and O–H groups in total. The molecule has 0 aliphatic rings. The third-order valence-electron chi connectivity index (χ3n) is 1.81. The maximum Gasteiger partial charge on any atom is 0.404 e. The molecule has 1 amide bonds. The van der Waals surface area contributed by atoms with Gasteiger partial charge in [-0.15, -0.1) is 0 Å². The summed E-state index contributed by atoms with van der Waals surface area (Å²) in [6.45, 7) is 3.71. The molecule has 0 saturated carbocycles. The summed E-state index contributed by atoms with van der Waals surface area (Å²) in [6, 6.07) is 0. The normalized spacial score (nSPS) is 10.3. The highest BCUT2D eigenvalue weighted by Gasteiger charge is 1.94. The Hall–Kier alpha value is -0.850. The zero-order valence-electron chi connectivity index (χ0n) is 9.61. The minimum atomic E-state index is -0.992. The molecule has 6 heteroatoms. The van der Waals surface area contributed by atoms with E-state index in [-0.39, 0.29) is 0 Å². The molecule has 0 aromatic rings. The molecule has 0 fully saturated rings. The molecule has 0 aliphatic carbocycles. The number of carbonyl (C=O) groups is 1. The van der Waals surface area contributed by atoms with Crippen LogP contribution in [0.3, 0.4) is 0 Å². The molecule has 0 rings (SSSR count). The molecule has 16 heavy (non-hydrogen) atoms. The minimum absolute atomic E-state index is 0.433. The third-order valence-corrected chi connectivity index (χ3v) is 1.81. The van der Waals surface area contributed by atoms with Gasteiger partial charge in [-0.25, -0.2) is 4.79 Å². The van der Waals surface area contributed by atoms with Gasteiger partial charge in [0.1, 0.15) is 0 Å². The van der Waals surface area contributed by atoms with Gasteiger partial charge in [0.15, 0.2) is 0 Å². The number of nitrogens with one attached hydrogen (secondary N) is 1. The first-order valence-electron chi connectivity index (χ1n) is 5.59. The molecule has 0 spiro atoms. The van der Waals surface area contributed by atoms with E-state index in [4.69, 9.17) is 20.3 Å². The predicted octanol–water partition coefficient (Wildman–Crippen LogP) is 0.416. The van der Waals surface area contributed by atoms with Crippen molar-refractivity contribution in [2.45, 2.75) is 19.3 Å². The van der Waals surface area contributed by atoms with Gasteiger partial charge in [0.2, 0.25) is 0 Å².